The molecule has 0 bridgehead atoms. The normalized spacial score (nSPS) is 16.5. The van der Waals surface area contributed by atoms with E-state index in [4.69, 9.17) is 9.47 Å². The largest absolute Gasteiger partial charge is 0.507 e. The Labute approximate surface area is 221 Å². The number of benzene rings is 4. The Kier molecular flexibility index (Phi) is 6.96. The Morgan fingerprint density at radius 3 is 2.26 bits per heavy atom. The van der Waals surface area contributed by atoms with Crippen LogP contribution in [-0.4, -0.2) is 23.4 Å². The van der Waals surface area contributed by atoms with E-state index in [2.05, 4.69) is 0 Å². The average Bonchev–Trinajstić information content (AvgIpc) is 3.19. The Morgan fingerprint density at radius 2 is 1.50 bits per heavy atom. The number of carbonyl (C=O) groups is 2. The van der Waals surface area contributed by atoms with Gasteiger partial charge in [-0.3, -0.25) is 14.5 Å². The van der Waals surface area contributed by atoms with Gasteiger partial charge in [-0.2, -0.15) is 0 Å². The number of ketones is 1. The number of hydrogen-bond donors (Lipinski definition) is 1. The van der Waals surface area contributed by atoms with Crippen molar-refractivity contribution in [3.63, 3.8) is 0 Å². The zero-order chi connectivity index (χ0) is 26.6. The van der Waals surface area contributed by atoms with Crippen LogP contribution in [0.2, 0.25) is 0 Å². The molecule has 0 radical (unpaired) electrons. The number of hydrogen-bond acceptors (Lipinski definition) is 5. The summed E-state index contributed by atoms with van der Waals surface area (Å²) in [7, 11) is 0. The van der Waals surface area contributed by atoms with E-state index in [1.165, 1.54) is 4.90 Å². The van der Waals surface area contributed by atoms with E-state index >= 15 is 0 Å². The van der Waals surface area contributed by atoms with Crippen LogP contribution in [0.15, 0.2) is 109 Å². The number of aliphatic hydroxyl groups is 1. The summed E-state index contributed by atoms with van der Waals surface area (Å²) in [5.74, 6) is 0.0285. The summed E-state index contributed by atoms with van der Waals surface area (Å²) in [5, 5.41) is 11.5. The van der Waals surface area contributed by atoms with E-state index in [0.29, 0.717) is 40.7 Å². The van der Waals surface area contributed by atoms with Gasteiger partial charge in [-0.15, -0.1) is 0 Å². The van der Waals surface area contributed by atoms with Gasteiger partial charge in [-0.25, -0.2) is 0 Å². The molecule has 4 aromatic carbocycles. The van der Waals surface area contributed by atoms with Crippen molar-refractivity contribution in [2.75, 3.05) is 11.5 Å². The molecule has 0 saturated carbocycles. The molecule has 0 spiro atoms. The van der Waals surface area contributed by atoms with Crippen LogP contribution in [-0.2, 0) is 9.59 Å². The molecule has 1 atom stereocenters. The van der Waals surface area contributed by atoms with Crippen LogP contribution >= 0.6 is 0 Å². The van der Waals surface area contributed by atoms with Crippen molar-refractivity contribution in [2.24, 2.45) is 0 Å². The highest BCUT2D eigenvalue weighted by atomic mass is 16.5. The number of nitrogens with zero attached hydrogens (tertiary/aromatic N) is 1. The second kappa shape index (κ2) is 10.6. The summed E-state index contributed by atoms with van der Waals surface area (Å²) in [6, 6.07) is 29.9. The number of para-hydroxylation sites is 2. The van der Waals surface area contributed by atoms with E-state index in [-0.39, 0.29) is 11.3 Å². The van der Waals surface area contributed by atoms with Gasteiger partial charge >= 0.3 is 0 Å². The smallest absolute Gasteiger partial charge is 0.300 e. The van der Waals surface area contributed by atoms with Gasteiger partial charge in [-0.1, -0.05) is 60.7 Å². The fraction of sp³-hybridized carbons (Fsp3) is 0.125. The molecule has 0 aliphatic carbocycles. The van der Waals surface area contributed by atoms with Gasteiger partial charge in [0.1, 0.15) is 23.0 Å². The first-order valence-corrected chi connectivity index (χ1v) is 12.4. The van der Waals surface area contributed by atoms with Gasteiger partial charge < -0.3 is 14.6 Å². The van der Waals surface area contributed by atoms with Gasteiger partial charge in [0.15, 0.2) is 0 Å². The maximum absolute atomic E-state index is 13.5. The molecule has 6 heteroatoms. The van der Waals surface area contributed by atoms with Crippen molar-refractivity contribution in [2.45, 2.75) is 19.9 Å². The molecule has 1 fully saturated rings. The van der Waals surface area contributed by atoms with Crippen molar-refractivity contribution in [1.29, 1.82) is 0 Å². The monoisotopic (exact) mass is 505 g/mol. The molecule has 38 heavy (non-hydrogen) atoms. The van der Waals surface area contributed by atoms with E-state index in [1.54, 1.807) is 42.5 Å². The first kappa shape index (κ1) is 24.8. The number of anilines is 1. The SMILES string of the molecule is CCOc1cccc(/C(O)=C2/C(=O)C(=O)N(c3ccccc3C)C2c2cccc(Oc3ccccc3)c2)c1. The molecule has 1 aliphatic rings. The number of aliphatic hydroxyl groups excluding tert-OH is 1. The summed E-state index contributed by atoms with van der Waals surface area (Å²) >= 11 is 0. The van der Waals surface area contributed by atoms with Crippen LogP contribution in [0.1, 0.15) is 29.7 Å². The van der Waals surface area contributed by atoms with E-state index < -0.39 is 17.7 Å². The molecule has 1 amide bonds. The maximum atomic E-state index is 13.5. The number of aryl methyl sites for hydroxylation is 1. The van der Waals surface area contributed by atoms with Crippen molar-refractivity contribution in [3.8, 4) is 17.2 Å². The number of rotatable bonds is 7. The van der Waals surface area contributed by atoms with E-state index in [0.717, 1.165) is 5.56 Å². The number of ether oxygens (including phenoxy) is 2. The van der Waals surface area contributed by atoms with Crippen molar-refractivity contribution >= 4 is 23.1 Å². The second-order valence-electron chi connectivity index (χ2n) is 8.90. The second-order valence-corrected chi connectivity index (χ2v) is 8.90. The van der Waals surface area contributed by atoms with Crippen molar-refractivity contribution in [3.05, 3.63) is 125 Å². The van der Waals surface area contributed by atoms with Gasteiger partial charge in [-0.05, 0) is 67.4 Å². The summed E-state index contributed by atoms with van der Waals surface area (Å²) in [4.78, 5) is 28.5. The third-order valence-corrected chi connectivity index (χ3v) is 6.39. The number of Topliss-reactive ketones (excluding diaryl/α,β-unsaturated/α-hetero) is 1. The lowest BCUT2D eigenvalue weighted by Crippen LogP contribution is -2.30. The molecule has 190 valence electrons. The predicted molar refractivity (Wildman–Crippen MR) is 147 cm³/mol. The summed E-state index contributed by atoms with van der Waals surface area (Å²) in [5.41, 5.74) is 2.44. The van der Waals surface area contributed by atoms with Crippen LogP contribution in [0.25, 0.3) is 5.76 Å². The lowest BCUT2D eigenvalue weighted by atomic mass is 9.94. The van der Waals surface area contributed by atoms with Crippen molar-refractivity contribution < 1.29 is 24.2 Å². The van der Waals surface area contributed by atoms with Crippen LogP contribution in [0.4, 0.5) is 5.69 Å². The molecule has 5 rings (SSSR count). The molecule has 1 aliphatic heterocycles. The molecule has 1 heterocycles. The minimum Gasteiger partial charge on any atom is -0.507 e. The minimum atomic E-state index is -0.869. The Hall–Kier alpha value is -4.84. The number of amides is 1. The highest BCUT2D eigenvalue weighted by molar-refractivity contribution is 6.51. The van der Waals surface area contributed by atoms with Crippen LogP contribution in [0.3, 0.4) is 0 Å². The zero-order valence-electron chi connectivity index (χ0n) is 21.1. The van der Waals surface area contributed by atoms with E-state index in [9.17, 15) is 14.7 Å². The molecular formula is C32H27NO5. The third-order valence-electron chi connectivity index (χ3n) is 6.39. The highest BCUT2D eigenvalue weighted by Crippen LogP contribution is 2.44. The van der Waals surface area contributed by atoms with Gasteiger partial charge in [0.25, 0.3) is 11.7 Å². The molecule has 1 saturated heterocycles. The fourth-order valence-electron chi connectivity index (χ4n) is 4.66. The minimum absolute atomic E-state index is 0.00348. The van der Waals surface area contributed by atoms with Crippen LogP contribution in [0.5, 0.6) is 17.2 Å². The first-order chi connectivity index (χ1) is 18.5. The lowest BCUT2D eigenvalue weighted by molar-refractivity contribution is -0.132. The third kappa shape index (κ3) is 4.76. The highest BCUT2D eigenvalue weighted by Gasteiger charge is 2.47. The van der Waals surface area contributed by atoms with Crippen molar-refractivity contribution in [1.82, 2.24) is 0 Å². The number of carbonyl (C=O) groups excluding carboxylic acids is 2. The van der Waals surface area contributed by atoms with Crippen LogP contribution < -0.4 is 14.4 Å². The molecule has 1 unspecified atom stereocenters. The molecule has 0 aromatic heterocycles. The lowest BCUT2D eigenvalue weighted by Gasteiger charge is -2.27. The fourth-order valence-corrected chi connectivity index (χ4v) is 4.66. The Balaban J connectivity index is 1.67. The average molecular weight is 506 g/mol. The first-order valence-electron chi connectivity index (χ1n) is 12.4. The standard InChI is InChI=1S/C32H27NO5/c1-3-37-25-16-10-13-23(20-25)30(34)28-29(33(32(36)31(28)35)27-18-8-7-11-21(27)2)22-12-9-17-26(19-22)38-24-14-5-4-6-15-24/h4-20,29,34H,3H2,1-2H3/b30-28-. The van der Waals surface area contributed by atoms with Crippen LogP contribution in [0, 0.1) is 6.92 Å². The topological polar surface area (TPSA) is 76.1 Å². The Morgan fingerprint density at radius 1 is 0.816 bits per heavy atom. The maximum Gasteiger partial charge on any atom is 0.300 e. The Bertz CT molecular complexity index is 1530. The summed E-state index contributed by atoms with van der Waals surface area (Å²) in [6.45, 7) is 4.20. The molecular weight excluding hydrogens is 478 g/mol. The molecule has 6 nitrogen and oxygen atoms in total. The van der Waals surface area contributed by atoms with Gasteiger partial charge in [0.05, 0.1) is 18.2 Å². The predicted octanol–water partition coefficient (Wildman–Crippen LogP) is 6.81. The molecule has 1 N–H and O–H groups in total. The zero-order valence-corrected chi connectivity index (χ0v) is 21.1. The summed E-state index contributed by atoms with van der Waals surface area (Å²) < 4.78 is 11.6. The van der Waals surface area contributed by atoms with Gasteiger partial charge in [0, 0.05) is 11.3 Å². The summed E-state index contributed by atoms with van der Waals surface area (Å²) in [6.07, 6.45) is 0. The quantitative estimate of drug-likeness (QED) is 0.170. The van der Waals surface area contributed by atoms with E-state index in [1.807, 2.05) is 74.5 Å². The molecule has 4 aromatic rings. The van der Waals surface area contributed by atoms with Gasteiger partial charge in [0.2, 0.25) is 0 Å².